The minimum Gasteiger partial charge on any atom is -0.493 e. The number of hydrazone groups is 1. The lowest BCUT2D eigenvalue weighted by Gasteiger charge is -2.10. The third-order valence-corrected chi connectivity index (χ3v) is 4.30. The molecule has 1 N–H and O–H groups in total. The fourth-order valence-corrected chi connectivity index (χ4v) is 2.80. The first-order chi connectivity index (χ1) is 12.4. The number of ether oxygens (including phenoxy) is 3. The molecule has 0 aliphatic carbocycles. The van der Waals surface area contributed by atoms with Gasteiger partial charge in [-0.25, -0.2) is 5.43 Å². The Balaban J connectivity index is 1.92. The molecule has 0 aliphatic rings. The number of hydrogen-bond donors (Lipinski definition) is 1. The highest BCUT2D eigenvalue weighted by Crippen LogP contribution is 2.35. The van der Waals surface area contributed by atoms with Crippen LogP contribution in [0.2, 0.25) is 0 Å². The van der Waals surface area contributed by atoms with Gasteiger partial charge in [-0.3, -0.25) is 4.79 Å². The van der Waals surface area contributed by atoms with Crippen LogP contribution in [-0.4, -0.2) is 32.9 Å². The summed E-state index contributed by atoms with van der Waals surface area (Å²) < 4.78 is 16.7. The number of nitrogens with zero attached hydrogens (tertiary/aromatic N) is 1. The standard InChI is InChI=1S/C19H21BrN2O4/c1-12-5-6-15(7-13(12)2)26-11-18(23)22-21-10-14-8-16(20)19(25-4)17(9-14)24-3/h5-10H,11H2,1-4H3,(H,22,23)/b21-10+. The van der Waals surface area contributed by atoms with E-state index in [4.69, 9.17) is 14.2 Å². The van der Waals surface area contributed by atoms with Crippen LogP contribution in [0.4, 0.5) is 0 Å². The summed E-state index contributed by atoms with van der Waals surface area (Å²) in [4.78, 5) is 11.8. The molecule has 0 heterocycles. The summed E-state index contributed by atoms with van der Waals surface area (Å²) in [5.41, 5.74) is 5.46. The number of nitrogens with one attached hydrogen (secondary N) is 1. The van der Waals surface area contributed by atoms with E-state index in [2.05, 4.69) is 26.5 Å². The van der Waals surface area contributed by atoms with E-state index in [0.29, 0.717) is 17.2 Å². The molecule has 1 amide bonds. The van der Waals surface area contributed by atoms with E-state index >= 15 is 0 Å². The smallest absolute Gasteiger partial charge is 0.277 e. The van der Waals surface area contributed by atoms with Gasteiger partial charge in [0.05, 0.1) is 24.9 Å². The van der Waals surface area contributed by atoms with Gasteiger partial charge in [0, 0.05) is 0 Å². The largest absolute Gasteiger partial charge is 0.493 e. The van der Waals surface area contributed by atoms with Crippen LogP contribution in [0.3, 0.4) is 0 Å². The third kappa shape index (κ3) is 5.23. The van der Waals surface area contributed by atoms with Gasteiger partial charge in [0.15, 0.2) is 18.1 Å². The number of carbonyl (C=O) groups excluding carboxylic acids is 1. The lowest BCUT2D eigenvalue weighted by atomic mass is 10.1. The van der Waals surface area contributed by atoms with Crippen LogP contribution >= 0.6 is 15.9 Å². The molecule has 0 saturated carbocycles. The Bertz CT molecular complexity index is 821. The van der Waals surface area contributed by atoms with E-state index in [9.17, 15) is 4.79 Å². The zero-order valence-electron chi connectivity index (χ0n) is 15.1. The summed E-state index contributed by atoms with van der Waals surface area (Å²) in [5.74, 6) is 1.46. The van der Waals surface area contributed by atoms with E-state index in [1.54, 1.807) is 20.3 Å². The Labute approximate surface area is 161 Å². The highest BCUT2D eigenvalue weighted by atomic mass is 79.9. The second kappa shape index (κ2) is 9.24. The highest BCUT2D eigenvalue weighted by molar-refractivity contribution is 9.10. The summed E-state index contributed by atoms with van der Waals surface area (Å²) in [7, 11) is 3.11. The lowest BCUT2D eigenvalue weighted by molar-refractivity contribution is -0.123. The van der Waals surface area contributed by atoms with Gasteiger partial charge in [-0.1, -0.05) is 6.07 Å². The number of methoxy groups -OCH3 is 2. The second-order valence-electron chi connectivity index (χ2n) is 5.57. The normalized spacial score (nSPS) is 10.7. The van der Waals surface area contributed by atoms with Crippen molar-refractivity contribution in [2.45, 2.75) is 13.8 Å². The number of halogens is 1. The Morgan fingerprint density at radius 2 is 1.92 bits per heavy atom. The fourth-order valence-electron chi connectivity index (χ4n) is 2.18. The minimum atomic E-state index is -0.348. The molecular formula is C19H21BrN2O4. The second-order valence-corrected chi connectivity index (χ2v) is 6.42. The molecule has 0 atom stereocenters. The number of rotatable bonds is 7. The lowest BCUT2D eigenvalue weighted by Crippen LogP contribution is -2.24. The average Bonchev–Trinajstić information content (AvgIpc) is 2.62. The van der Waals surface area contributed by atoms with Crippen molar-refractivity contribution < 1.29 is 19.0 Å². The van der Waals surface area contributed by atoms with Gasteiger partial charge >= 0.3 is 0 Å². The van der Waals surface area contributed by atoms with Crippen LogP contribution < -0.4 is 19.6 Å². The van der Waals surface area contributed by atoms with Crippen molar-refractivity contribution in [3.8, 4) is 17.2 Å². The van der Waals surface area contributed by atoms with Crippen molar-refractivity contribution in [3.05, 3.63) is 51.5 Å². The highest BCUT2D eigenvalue weighted by Gasteiger charge is 2.09. The van der Waals surface area contributed by atoms with Crippen LogP contribution in [0, 0.1) is 13.8 Å². The molecule has 0 bridgehead atoms. The van der Waals surface area contributed by atoms with Crippen molar-refractivity contribution >= 4 is 28.1 Å². The van der Waals surface area contributed by atoms with Gasteiger partial charge < -0.3 is 14.2 Å². The molecule has 7 heteroatoms. The van der Waals surface area contributed by atoms with E-state index in [0.717, 1.165) is 15.6 Å². The first-order valence-electron chi connectivity index (χ1n) is 7.88. The number of hydrogen-bond acceptors (Lipinski definition) is 5. The van der Waals surface area contributed by atoms with E-state index in [1.807, 2.05) is 38.1 Å². The summed E-state index contributed by atoms with van der Waals surface area (Å²) in [6, 6.07) is 9.25. The SMILES string of the molecule is COc1cc(/C=N/NC(=O)COc2ccc(C)c(C)c2)cc(Br)c1OC. The van der Waals surface area contributed by atoms with Crippen LogP contribution in [0.5, 0.6) is 17.2 Å². The maximum atomic E-state index is 11.8. The van der Waals surface area contributed by atoms with E-state index in [1.165, 1.54) is 11.8 Å². The number of benzene rings is 2. The van der Waals surface area contributed by atoms with Crippen LogP contribution in [0.15, 0.2) is 39.9 Å². The molecular weight excluding hydrogens is 400 g/mol. The molecule has 0 aliphatic heterocycles. The van der Waals surface area contributed by atoms with Crippen LogP contribution in [-0.2, 0) is 4.79 Å². The van der Waals surface area contributed by atoms with Gasteiger partial charge in [-0.05, 0) is 70.7 Å². The zero-order valence-corrected chi connectivity index (χ0v) is 16.7. The summed E-state index contributed by atoms with van der Waals surface area (Å²) >= 11 is 3.41. The Morgan fingerprint density at radius 3 is 2.58 bits per heavy atom. The number of carbonyl (C=O) groups is 1. The first-order valence-corrected chi connectivity index (χ1v) is 8.67. The maximum Gasteiger partial charge on any atom is 0.277 e. The molecule has 0 spiro atoms. The predicted octanol–water partition coefficient (Wildman–Crippen LogP) is 3.61. The fraction of sp³-hybridized carbons (Fsp3) is 0.263. The Hall–Kier alpha value is -2.54. The molecule has 6 nitrogen and oxygen atoms in total. The number of aryl methyl sites for hydroxylation is 2. The predicted molar refractivity (Wildman–Crippen MR) is 104 cm³/mol. The Morgan fingerprint density at radius 1 is 1.15 bits per heavy atom. The molecule has 0 unspecified atom stereocenters. The summed E-state index contributed by atoms with van der Waals surface area (Å²) in [6.45, 7) is 3.90. The quantitative estimate of drug-likeness (QED) is 0.548. The van der Waals surface area contributed by atoms with Crippen molar-refractivity contribution in [1.29, 1.82) is 0 Å². The van der Waals surface area contributed by atoms with Crippen molar-refractivity contribution in [1.82, 2.24) is 5.43 Å². The first kappa shape index (κ1) is 19.8. The van der Waals surface area contributed by atoms with Gasteiger partial charge in [0.25, 0.3) is 5.91 Å². The molecule has 0 fully saturated rings. The molecule has 2 aromatic rings. The topological polar surface area (TPSA) is 69.2 Å². The van der Waals surface area contributed by atoms with Crippen LogP contribution in [0.1, 0.15) is 16.7 Å². The third-order valence-electron chi connectivity index (χ3n) is 3.71. The van der Waals surface area contributed by atoms with E-state index in [-0.39, 0.29) is 12.5 Å². The molecule has 26 heavy (non-hydrogen) atoms. The van der Waals surface area contributed by atoms with Crippen molar-refractivity contribution in [2.75, 3.05) is 20.8 Å². The van der Waals surface area contributed by atoms with Gasteiger partial charge in [-0.15, -0.1) is 0 Å². The van der Waals surface area contributed by atoms with Gasteiger partial charge in [-0.2, -0.15) is 5.10 Å². The molecule has 2 rings (SSSR count). The maximum absolute atomic E-state index is 11.8. The summed E-state index contributed by atoms with van der Waals surface area (Å²) in [5, 5.41) is 3.94. The zero-order chi connectivity index (χ0) is 19.1. The van der Waals surface area contributed by atoms with Gasteiger partial charge in [0.2, 0.25) is 0 Å². The monoisotopic (exact) mass is 420 g/mol. The van der Waals surface area contributed by atoms with E-state index < -0.39 is 0 Å². The molecule has 0 saturated heterocycles. The number of amides is 1. The molecule has 2 aromatic carbocycles. The average molecular weight is 421 g/mol. The minimum absolute atomic E-state index is 0.116. The molecule has 0 radical (unpaired) electrons. The van der Waals surface area contributed by atoms with Crippen molar-refractivity contribution in [2.24, 2.45) is 5.10 Å². The molecule has 138 valence electrons. The molecule has 0 aromatic heterocycles. The summed E-state index contributed by atoms with van der Waals surface area (Å²) in [6.07, 6.45) is 1.51. The van der Waals surface area contributed by atoms with Gasteiger partial charge in [0.1, 0.15) is 5.75 Å². The van der Waals surface area contributed by atoms with Crippen LogP contribution in [0.25, 0.3) is 0 Å². The van der Waals surface area contributed by atoms with Crippen molar-refractivity contribution in [3.63, 3.8) is 0 Å². The Kier molecular flexibility index (Phi) is 7.03.